The number of anilines is 1. The van der Waals surface area contributed by atoms with Gasteiger partial charge in [0.2, 0.25) is 0 Å². The van der Waals surface area contributed by atoms with Gasteiger partial charge in [0, 0.05) is 35.9 Å². The van der Waals surface area contributed by atoms with Crippen LogP contribution >= 0.6 is 0 Å². The molecule has 20 heavy (non-hydrogen) atoms. The maximum atomic E-state index is 11.8. The molecule has 0 saturated heterocycles. The maximum Gasteiger partial charge on any atom is 0.251 e. The summed E-state index contributed by atoms with van der Waals surface area (Å²) in [7, 11) is 0. The van der Waals surface area contributed by atoms with Crippen LogP contribution in [0.2, 0.25) is 0 Å². The zero-order valence-corrected chi connectivity index (χ0v) is 13.2. The molecule has 0 aliphatic carbocycles. The molecule has 0 spiro atoms. The van der Waals surface area contributed by atoms with Crippen molar-refractivity contribution < 1.29 is 4.79 Å². The van der Waals surface area contributed by atoms with E-state index in [0.717, 1.165) is 18.8 Å². The van der Waals surface area contributed by atoms with E-state index in [1.165, 1.54) is 0 Å². The van der Waals surface area contributed by atoms with Crippen LogP contribution in [0, 0.1) is 0 Å². The van der Waals surface area contributed by atoms with Gasteiger partial charge in [0.05, 0.1) is 0 Å². The summed E-state index contributed by atoms with van der Waals surface area (Å²) in [6.07, 6.45) is 0. The molecule has 0 bridgehead atoms. The Bertz CT molecular complexity index is 418. The zero-order valence-electron chi connectivity index (χ0n) is 13.2. The van der Waals surface area contributed by atoms with Gasteiger partial charge in [-0.3, -0.25) is 4.79 Å². The highest BCUT2D eigenvalue weighted by Gasteiger charge is 2.08. The molecule has 0 fully saturated rings. The monoisotopic (exact) mass is 277 g/mol. The van der Waals surface area contributed by atoms with E-state index >= 15 is 0 Å². The number of benzene rings is 1. The number of carbonyl (C=O) groups excluding carboxylic acids is 1. The molecule has 0 saturated carbocycles. The Morgan fingerprint density at radius 1 is 1.10 bits per heavy atom. The van der Waals surface area contributed by atoms with Crippen molar-refractivity contribution in [2.75, 3.05) is 18.4 Å². The van der Waals surface area contributed by atoms with Crippen LogP contribution in [-0.4, -0.2) is 30.6 Å². The van der Waals surface area contributed by atoms with Crippen LogP contribution in [0.15, 0.2) is 24.3 Å². The molecule has 1 aromatic carbocycles. The lowest BCUT2D eigenvalue weighted by Gasteiger charge is -2.20. The maximum absolute atomic E-state index is 11.8. The molecule has 112 valence electrons. The van der Waals surface area contributed by atoms with Crippen molar-refractivity contribution in [3.05, 3.63) is 29.8 Å². The molecule has 0 aliphatic rings. The number of carbonyl (C=O) groups is 1. The van der Waals surface area contributed by atoms with Crippen molar-refractivity contribution in [3.63, 3.8) is 0 Å². The standard InChI is InChI=1S/C16H27N3O/c1-12(2)19-15(20)13-6-8-14(9-7-13)17-10-11-18-16(3,4)5/h6-9,12,17-18H,10-11H2,1-5H3,(H,19,20). The third-order valence-electron chi connectivity index (χ3n) is 2.68. The van der Waals surface area contributed by atoms with Gasteiger partial charge < -0.3 is 16.0 Å². The van der Waals surface area contributed by atoms with Crippen LogP contribution < -0.4 is 16.0 Å². The summed E-state index contributed by atoms with van der Waals surface area (Å²) >= 11 is 0. The Labute approximate surface area is 122 Å². The van der Waals surface area contributed by atoms with E-state index in [2.05, 4.69) is 36.7 Å². The highest BCUT2D eigenvalue weighted by Crippen LogP contribution is 2.09. The molecule has 4 nitrogen and oxygen atoms in total. The molecule has 4 heteroatoms. The van der Waals surface area contributed by atoms with Gasteiger partial charge in [-0.05, 0) is 58.9 Å². The third-order valence-corrected chi connectivity index (χ3v) is 2.68. The van der Waals surface area contributed by atoms with Crippen LogP contribution in [0.1, 0.15) is 45.0 Å². The van der Waals surface area contributed by atoms with E-state index in [1.54, 1.807) is 0 Å². The first-order chi connectivity index (χ1) is 9.28. The first kappa shape index (κ1) is 16.5. The molecule has 0 heterocycles. The zero-order chi connectivity index (χ0) is 15.2. The number of amides is 1. The minimum absolute atomic E-state index is 0.0269. The van der Waals surface area contributed by atoms with E-state index in [-0.39, 0.29) is 17.5 Å². The Kier molecular flexibility index (Phi) is 6.02. The van der Waals surface area contributed by atoms with Crippen molar-refractivity contribution in [1.82, 2.24) is 10.6 Å². The summed E-state index contributed by atoms with van der Waals surface area (Å²) in [4.78, 5) is 11.8. The second-order valence-corrected chi connectivity index (χ2v) is 6.31. The second-order valence-electron chi connectivity index (χ2n) is 6.31. The summed E-state index contributed by atoms with van der Waals surface area (Å²) in [5.41, 5.74) is 1.86. The molecule has 1 aromatic rings. The van der Waals surface area contributed by atoms with E-state index in [1.807, 2.05) is 38.1 Å². The third kappa shape index (κ3) is 6.57. The quantitative estimate of drug-likeness (QED) is 0.701. The summed E-state index contributed by atoms with van der Waals surface area (Å²) in [6, 6.07) is 7.72. The van der Waals surface area contributed by atoms with Crippen LogP contribution in [0.3, 0.4) is 0 Å². The largest absolute Gasteiger partial charge is 0.384 e. The van der Waals surface area contributed by atoms with Gasteiger partial charge in [-0.15, -0.1) is 0 Å². The number of nitrogens with one attached hydrogen (secondary N) is 3. The minimum Gasteiger partial charge on any atom is -0.384 e. The molecule has 0 atom stereocenters. The van der Waals surface area contributed by atoms with E-state index in [0.29, 0.717) is 5.56 Å². The second kappa shape index (κ2) is 7.29. The Morgan fingerprint density at radius 3 is 2.20 bits per heavy atom. The molecule has 3 N–H and O–H groups in total. The summed E-state index contributed by atoms with van der Waals surface area (Å²) in [6.45, 7) is 12.1. The average molecular weight is 277 g/mol. The van der Waals surface area contributed by atoms with E-state index in [4.69, 9.17) is 0 Å². The smallest absolute Gasteiger partial charge is 0.251 e. The van der Waals surface area contributed by atoms with Crippen molar-refractivity contribution in [2.45, 2.75) is 46.2 Å². The Hall–Kier alpha value is -1.55. The number of rotatable bonds is 6. The van der Waals surface area contributed by atoms with Crippen molar-refractivity contribution in [3.8, 4) is 0 Å². The summed E-state index contributed by atoms with van der Waals surface area (Å²) in [5, 5.41) is 9.62. The van der Waals surface area contributed by atoms with Gasteiger partial charge in [-0.1, -0.05) is 0 Å². The van der Waals surface area contributed by atoms with Crippen LogP contribution in [0.5, 0.6) is 0 Å². The lowest BCUT2D eigenvalue weighted by molar-refractivity contribution is 0.0943. The van der Waals surface area contributed by atoms with Gasteiger partial charge in [0.15, 0.2) is 0 Å². The molecule has 0 aliphatic heterocycles. The summed E-state index contributed by atoms with van der Waals surface area (Å²) < 4.78 is 0. The lowest BCUT2D eigenvalue weighted by Crippen LogP contribution is -2.38. The van der Waals surface area contributed by atoms with Crippen LogP contribution in [0.4, 0.5) is 5.69 Å². The van der Waals surface area contributed by atoms with Gasteiger partial charge in [0.1, 0.15) is 0 Å². The fraction of sp³-hybridized carbons (Fsp3) is 0.562. The molecule has 0 unspecified atom stereocenters. The van der Waals surface area contributed by atoms with E-state index < -0.39 is 0 Å². The predicted molar refractivity (Wildman–Crippen MR) is 85.3 cm³/mol. The molecule has 0 aromatic heterocycles. The lowest BCUT2D eigenvalue weighted by atomic mass is 10.1. The summed E-state index contributed by atoms with van der Waals surface area (Å²) in [5.74, 6) is -0.0269. The fourth-order valence-electron chi connectivity index (χ4n) is 1.73. The highest BCUT2D eigenvalue weighted by atomic mass is 16.1. The topological polar surface area (TPSA) is 53.2 Å². The van der Waals surface area contributed by atoms with Gasteiger partial charge in [-0.2, -0.15) is 0 Å². The highest BCUT2D eigenvalue weighted by molar-refractivity contribution is 5.94. The average Bonchev–Trinajstić information content (AvgIpc) is 2.33. The SMILES string of the molecule is CC(C)NC(=O)c1ccc(NCCNC(C)(C)C)cc1. The van der Waals surface area contributed by atoms with Crippen LogP contribution in [0.25, 0.3) is 0 Å². The minimum atomic E-state index is -0.0269. The number of hydrogen-bond donors (Lipinski definition) is 3. The number of hydrogen-bond acceptors (Lipinski definition) is 3. The molecule has 1 amide bonds. The predicted octanol–water partition coefficient (Wildman–Crippen LogP) is 2.62. The first-order valence-electron chi connectivity index (χ1n) is 7.18. The molecular formula is C16H27N3O. The van der Waals surface area contributed by atoms with E-state index in [9.17, 15) is 4.79 Å². The molecule has 1 rings (SSSR count). The Balaban J connectivity index is 2.41. The normalized spacial score (nSPS) is 11.5. The molecular weight excluding hydrogens is 250 g/mol. The fourth-order valence-corrected chi connectivity index (χ4v) is 1.73. The van der Waals surface area contributed by atoms with Crippen molar-refractivity contribution in [2.24, 2.45) is 0 Å². The van der Waals surface area contributed by atoms with Crippen LogP contribution in [-0.2, 0) is 0 Å². The first-order valence-corrected chi connectivity index (χ1v) is 7.18. The van der Waals surface area contributed by atoms with Gasteiger partial charge >= 0.3 is 0 Å². The van der Waals surface area contributed by atoms with Crippen molar-refractivity contribution >= 4 is 11.6 Å². The van der Waals surface area contributed by atoms with Crippen molar-refractivity contribution in [1.29, 1.82) is 0 Å². The van der Waals surface area contributed by atoms with Gasteiger partial charge in [-0.25, -0.2) is 0 Å². The Morgan fingerprint density at radius 2 is 1.70 bits per heavy atom. The molecule has 0 radical (unpaired) electrons. The van der Waals surface area contributed by atoms with Gasteiger partial charge in [0.25, 0.3) is 5.91 Å².